The lowest BCUT2D eigenvalue weighted by molar-refractivity contribution is -0.165. The van der Waals surface area contributed by atoms with Crippen LogP contribution in [0.15, 0.2) is 0 Å². The third kappa shape index (κ3) is 2.07. The molecular weight excluding hydrogens is 230 g/mol. The number of aliphatic hydroxyl groups is 2. The van der Waals surface area contributed by atoms with E-state index in [0.717, 1.165) is 0 Å². The van der Waals surface area contributed by atoms with E-state index >= 15 is 0 Å². The predicted octanol–water partition coefficient (Wildman–Crippen LogP) is -1.23. The summed E-state index contributed by atoms with van der Waals surface area (Å²) >= 11 is 0. The van der Waals surface area contributed by atoms with E-state index in [1.54, 1.807) is 6.92 Å². The number of aliphatic hydroxyl groups excluding tert-OH is 2. The van der Waals surface area contributed by atoms with Crippen LogP contribution in [0.5, 0.6) is 0 Å². The number of carbonyl (C=O) groups is 2. The lowest BCUT2D eigenvalue weighted by Crippen LogP contribution is -2.56. The highest BCUT2D eigenvalue weighted by atomic mass is 16.6. The Morgan fingerprint density at radius 2 is 2.24 bits per heavy atom. The SMILES string of the molecule is CCOC(=O)C1C[C@@H]2NC(=O)O[C@@H]2[C@@H](O)[C@@H]1O. The van der Waals surface area contributed by atoms with E-state index in [0.29, 0.717) is 0 Å². The Kier molecular flexibility index (Phi) is 3.21. The normalized spacial score (nSPS) is 40.2. The average molecular weight is 245 g/mol. The molecule has 1 saturated heterocycles. The fourth-order valence-corrected chi connectivity index (χ4v) is 2.30. The van der Waals surface area contributed by atoms with Gasteiger partial charge in [0, 0.05) is 0 Å². The molecule has 17 heavy (non-hydrogen) atoms. The van der Waals surface area contributed by atoms with Gasteiger partial charge in [0.05, 0.1) is 24.7 Å². The molecule has 2 aliphatic rings. The number of amides is 1. The van der Waals surface area contributed by atoms with Crippen LogP contribution in [0.3, 0.4) is 0 Å². The van der Waals surface area contributed by atoms with Crippen LogP contribution >= 0.6 is 0 Å². The summed E-state index contributed by atoms with van der Waals surface area (Å²) in [7, 11) is 0. The maximum Gasteiger partial charge on any atom is 0.407 e. The minimum atomic E-state index is -1.28. The molecule has 0 aromatic rings. The molecular formula is C10H15NO6. The highest BCUT2D eigenvalue weighted by Gasteiger charge is 2.52. The Morgan fingerprint density at radius 1 is 1.53 bits per heavy atom. The third-order valence-electron chi connectivity index (χ3n) is 3.14. The van der Waals surface area contributed by atoms with Crippen molar-refractivity contribution < 1.29 is 29.3 Å². The number of hydrogen-bond acceptors (Lipinski definition) is 6. The Balaban J connectivity index is 2.11. The van der Waals surface area contributed by atoms with Crippen LogP contribution < -0.4 is 5.32 Å². The van der Waals surface area contributed by atoms with Gasteiger partial charge in [-0.25, -0.2) is 4.79 Å². The van der Waals surface area contributed by atoms with Crippen LogP contribution in [0.4, 0.5) is 4.79 Å². The fourth-order valence-electron chi connectivity index (χ4n) is 2.30. The van der Waals surface area contributed by atoms with Gasteiger partial charge in [-0.05, 0) is 13.3 Å². The number of fused-ring (bicyclic) bond motifs is 1. The first-order valence-electron chi connectivity index (χ1n) is 5.54. The van der Waals surface area contributed by atoms with Crippen molar-refractivity contribution in [2.45, 2.75) is 37.7 Å². The van der Waals surface area contributed by atoms with E-state index in [4.69, 9.17) is 9.47 Å². The van der Waals surface area contributed by atoms with Gasteiger partial charge in [0.1, 0.15) is 6.10 Å². The summed E-state index contributed by atoms with van der Waals surface area (Å²) in [5.41, 5.74) is 0. The van der Waals surface area contributed by atoms with Gasteiger partial charge in [-0.2, -0.15) is 0 Å². The molecule has 7 nitrogen and oxygen atoms in total. The van der Waals surface area contributed by atoms with Crippen molar-refractivity contribution in [1.82, 2.24) is 5.32 Å². The minimum Gasteiger partial charge on any atom is -0.466 e. The van der Waals surface area contributed by atoms with Gasteiger partial charge in [-0.1, -0.05) is 0 Å². The monoisotopic (exact) mass is 245 g/mol. The number of esters is 1. The summed E-state index contributed by atoms with van der Waals surface area (Å²) in [6.45, 7) is 1.86. The first kappa shape index (κ1) is 12.1. The first-order valence-corrected chi connectivity index (χ1v) is 5.54. The second kappa shape index (κ2) is 4.50. The van der Waals surface area contributed by atoms with Gasteiger partial charge in [0.15, 0.2) is 6.10 Å². The lowest BCUT2D eigenvalue weighted by Gasteiger charge is -2.36. The molecule has 1 unspecified atom stereocenters. The van der Waals surface area contributed by atoms with Crippen molar-refractivity contribution >= 4 is 12.1 Å². The van der Waals surface area contributed by atoms with Crippen molar-refractivity contribution in [3.63, 3.8) is 0 Å². The molecule has 3 N–H and O–H groups in total. The smallest absolute Gasteiger partial charge is 0.407 e. The van der Waals surface area contributed by atoms with Gasteiger partial charge >= 0.3 is 12.1 Å². The Bertz CT molecular complexity index is 333. The molecule has 1 saturated carbocycles. The van der Waals surface area contributed by atoms with Crippen LogP contribution in [0.25, 0.3) is 0 Å². The number of nitrogens with one attached hydrogen (secondary N) is 1. The van der Waals surface area contributed by atoms with Crippen molar-refractivity contribution in [2.24, 2.45) is 5.92 Å². The Morgan fingerprint density at radius 3 is 2.88 bits per heavy atom. The molecule has 0 spiro atoms. The number of carbonyl (C=O) groups excluding carboxylic acids is 2. The number of alkyl carbamates (subject to hydrolysis) is 1. The van der Waals surface area contributed by atoms with Crippen molar-refractivity contribution in [1.29, 1.82) is 0 Å². The molecule has 96 valence electrons. The highest BCUT2D eigenvalue weighted by Crippen LogP contribution is 2.31. The largest absolute Gasteiger partial charge is 0.466 e. The maximum atomic E-state index is 11.6. The molecule has 0 aromatic heterocycles. The predicted molar refractivity (Wildman–Crippen MR) is 53.9 cm³/mol. The molecule has 0 aromatic carbocycles. The topological polar surface area (TPSA) is 105 Å². The molecule has 1 aliphatic heterocycles. The molecule has 2 fully saturated rings. The highest BCUT2D eigenvalue weighted by molar-refractivity contribution is 5.75. The third-order valence-corrected chi connectivity index (χ3v) is 3.14. The number of ether oxygens (including phenoxy) is 2. The molecule has 1 heterocycles. The van der Waals surface area contributed by atoms with E-state index in [-0.39, 0.29) is 13.0 Å². The van der Waals surface area contributed by atoms with Gasteiger partial charge in [0.25, 0.3) is 0 Å². The molecule has 0 bridgehead atoms. The van der Waals surface area contributed by atoms with Crippen LogP contribution in [-0.2, 0) is 14.3 Å². The first-order chi connectivity index (χ1) is 8.04. The second-order valence-electron chi connectivity index (χ2n) is 4.20. The zero-order chi connectivity index (χ0) is 12.6. The van der Waals surface area contributed by atoms with E-state index in [1.165, 1.54) is 0 Å². The van der Waals surface area contributed by atoms with E-state index in [9.17, 15) is 19.8 Å². The zero-order valence-corrected chi connectivity index (χ0v) is 9.33. The van der Waals surface area contributed by atoms with Gasteiger partial charge in [0.2, 0.25) is 0 Å². The van der Waals surface area contributed by atoms with Crippen molar-refractivity contribution in [3.05, 3.63) is 0 Å². The fraction of sp³-hybridized carbons (Fsp3) is 0.800. The van der Waals surface area contributed by atoms with Gasteiger partial charge < -0.3 is 25.0 Å². The summed E-state index contributed by atoms with van der Waals surface area (Å²) < 4.78 is 9.64. The Hall–Kier alpha value is -1.34. The van der Waals surface area contributed by atoms with Crippen molar-refractivity contribution in [2.75, 3.05) is 6.61 Å². The maximum absolute atomic E-state index is 11.6. The average Bonchev–Trinajstić information content (AvgIpc) is 2.65. The molecule has 2 rings (SSSR count). The molecule has 0 radical (unpaired) electrons. The van der Waals surface area contributed by atoms with Gasteiger partial charge in [-0.3, -0.25) is 4.79 Å². The van der Waals surface area contributed by atoms with Crippen LogP contribution in [0, 0.1) is 5.92 Å². The number of hydrogen-bond donors (Lipinski definition) is 3. The van der Waals surface area contributed by atoms with Crippen LogP contribution in [-0.4, -0.2) is 53.2 Å². The molecule has 5 atom stereocenters. The molecule has 7 heteroatoms. The standard InChI is InChI=1S/C10H15NO6/c1-2-16-9(14)4-3-5-8(7(13)6(4)12)17-10(15)11-5/h4-8,12-13H,2-3H2,1H3,(H,11,15)/t4?,5-,6+,7-,8-/m0/s1. The summed E-state index contributed by atoms with van der Waals surface area (Å²) in [4.78, 5) is 22.6. The van der Waals surface area contributed by atoms with Gasteiger partial charge in [-0.15, -0.1) is 0 Å². The van der Waals surface area contributed by atoms with E-state index < -0.39 is 42.3 Å². The van der Waals surface area contributed by atoms with Crippen molar-refractivity contribution in [3.8, 4) is 0 Å². The quantitative estimate of drug-likeness (QED) is 0.526. The summed E-state index contributed by atoms with van der Waals surface area (Å²) in [5, 5.41) is 22.1. The number of rotatable bonds is 2. The second-order valence-corrected chi connectivity index (χ2v) is 4.20. The zero-order valence-electron chi connectivity index (χ0n) is 9.33. The van der Waals surface area contributed by atoms with Crippen LogP contribution in [0.1, 0.15) is 13.3 Å². The van der Waals surface area contributed by atoms with E-state index in [2.05, 4.69) is 5.32 Å². The summed E-state index contributed by atoms with van der Waals surface area (Å²) in [5.74, 6) is -1.41. The van der Waals surface area contributed by atoms with Crippen LogP contribution in [0.2, 0.25) is 0 Å². The lowest BCUT2D eigenvalue weighted by atomic mass is 9.80. The minimum absolute atomic E-state index is 0.202. The Labute approximate surface area is 97.7 Å². The summed E-state index contributed by atoms with van der Waals surface area (Å²) in [6, 6.07) is -0.463. The molecule has 1 amide bonds. The van der Waals surface area contributed by atoms with E-state index in [1.807, 2.05) is 0 Å². The molecule has 1 aliphatic carbocycles. The summed E-state index contributed by atoms with van der Waals surface area (Å²) in [6.07, 6.45) is -3.79.